The van der Waals surface area contributed by atoms with Crippen LogP contribution >= 0.6 is 0 Å². The second-order valence-electron chi connectivity index (χ2n) is 5.90. The molecule has 0 aromatic carbocycles. The second-order valence-corrected chi connectivity index (χ2v) is 5.90. The van der Waals surface area contributed by atoms with Crippen molar-refractivity contribution in [2.45, 2.75) is 46.6 Å². The SMILES string of the molecule is CCC(=O)OCC12COC(C)C(C1)C(C)=CC2C. The van der Waals surface area contributed by atoms with E-state index in [0.29, 0.717) is 31.5 Å². The van der Waals surface area contributed by atoms with Crippen LogP contribution in [0.2, 0.25) is 0 Å². The predicted molar refractivity (Wildman–Crippen MR) is 70.1 cm³/mol. The fraction of sp³-hybridized carbons (Fsp3) is 0.800. The van der Waals surface area contributed by atoms with Gasteiger partial charge in [0, 0.05) is 17.8 Å². The van der Waals surface area contributed by atoms with Crippen molar-refractivity contribution in [3.05, 3.63) is 11.6 Å². The number of esters is 1. The highest BCUT2D eigenvalue weighted by molar-refractivity contribution is 5.68. The topological polar surface area (TPSA) is 35.5 Å². The highest BCUT2D eigenvalue weighted by Gasteiger charge is 2.47. The Morgan fingerprint density at radius 1 is 1.56 bits per heavy atom. The summed E-state index contributed by atoms with van der Waals surface area (Å²) < 4.78 is 11.3. The van der Waals surface area contributed by atoms with E-state index in [2.05, 4.69) is 26.8 Å². The number of allylic oxidation sites excluding steroid dienone is 1. The maximum atomic E-state index is 11.4. The van der Waals surface area contributed by atoms with Gasteiger partial charge < -0.3 is 9.47 Å². The molecule has 1 aliphatic carbocycles. The molecule has 4 unspecified atom stereocenters. The van der Waals surface area contributed by atoms with Crippen LogP contribution in [-0.2, 0) is 14.3 Å². The molecule has 18 heavy (non-hydrogen) atoms. The monoisotopic (exact) mass is 252 g/mol. The van der Waals surface area contributed by atoms with Crippen molar-refractivity contribution < 1.29 is 14.3 Å². The van der Waals surface area contributed by atoms with Gasteiger partial charge in [0.05, 0.1) is 19.3 Å². The summed E-state index contributed by atoms with van der Waals surface area (Å²) in [5, 5.41) is 0. The van der Waals surface area contributed by atoms with Crippen molar-refractivity contribution in [2.75, 3.05) is 13.2 Å². The number of hydrogen-bond acceptors (Lipinski definition) is 3. The molecule has 0 amide bonds. The van der Waals surface area contributed by atoms with Crippen LogP contribution in [0, 0.1) is 17.3 Å². The first-order valence-electron chi connectivity index (χ1n) is 6.94. The van der Waals surface area contributed by atoms with E-state index < -0.39 is 0 Å². The molecule has 2 bridgehead atoms. The van der Waals surface area contributed by atoms with Crippen molar-refractivity contribution >= 4 is 5.97 Å². The molecule has 4 atom stereocenters. The lowest BCUT2D eigenvalue weighted by Gasteiger charge is -2.49. The van der Waals surface area contributed by atoms with Crippen LogP contribution in [0.1, 0.15) is 40.5 Å². The predicted octanol–water partition coefficient (Wildman–Crippen LogP) is 2.95. The molecule has 3 nitrogen and oxygen atoms in total. The van der Waals surface area contributed by atoms with Crippen molar-refractivity contribution in [3.63, 3.8) is 0 Å². The lowest BCUT2D eigenvalue weighted by atomic mass is 9.63. The minimum atomic E-state index is -0.113. The van der Waals surface area contributed by atoms with Crippen molar-refractivity contribution in [1.82, 2.24) is 0 Å². The number of fused-ring (bicyclic) bond motifs is 2. The van der Waals surface area contributed by atoms with E-state index >= 15 is 0 Å². The molecule has 0 saturated carbocycles. The number of carbonyl (C=O) groups excluding carboxylic acids is 1. The summed E-state index contributed by atoms with van der Waals surface area (Å²) in [5.41, 5.74) is 1.41. The first-order valence-corrected chi connectivity index (χ1v) is 6.94. The normalized spacial score (nSPS) is 39.1. The molecular weight excluding hydrogens is 228 g/mol. The average Bonchev–Trinajstić information content (AvgIpc) is 2.36. The van der Waals surface area contributed by atoms with Gasteiger partial charge in [0.2, 0.25) is 0 Å². The van der Waals surface area contributed by atoms with Gasteiger partial charge in [0.1, 0.15) is 0 Å². The van der Waals surface area contributed by atoms with E-state index in [0.717, 1.165) is 6.42 Å². The summed E-state index contributed by atoms with van der Waals surface area (Å²) in [6.07, 6.45) is 4.14. The Morgan fingerprint density at radius 2 is 2.28 bits per heavy atom. The molecular formula is C15H24O3. The Kier molecular flexibility index (Phi) is 3.81. The fourth-order valence-corrected chi connectivity index (χ4v) is 3.18. The first-order chi connectivity index (χ1) is 8.48. The van der Waals surface area contributed by atoms with E-state index in [-0.39, 0.29) is 17.5 Å². The summed E-state index contributed by atoms with van der Waals surface area (Å²) in [6.45, 7) is 9.56. The summed E-state index contributed by atoms with van der Waals surface area (Å²) in [4.78, 5) is 11.4. The van der Waals surface area contributed by atoms with Gasteiger partial charge in [-0.1, -0.05) is 25.5 Å². The molecule has 0 aromatic rings. The third-order valence-corrected chi connectivity index (χ3v) is 4.70. The maximum absolute atomic E-state index is 11.4. The van der Waals surface area contributed by atoms with E-state index in [1.54, 1.807) is 0 Å². The van der Waals surface area contributed by atoms with Gasteiger partial charge in [-0.25, -0.2) is 0 Å². The zero-order valence-electron chi connectivity index (χ0n) is 11.9. The molecule has 0 aromatic heterocycles. The van der Waals surface area contributed by atoms with Gasteiger partial charge in [-0.15, -0.1) is 0 Å². The number of carbonyl (C=O) groups is 1. The van der Waals surface area contributed by atoms with Crippen LogP contribution < -0.4 is 0 Å². The summed E-state index contributed by atoms with van der Waals surface area (Å²) in [5.74, 6) is 0.777. The zero-order chi connectivity index (χ0) is 13.3. The smallest absolute Gasteiger partial charge is 0.305 e. The third-order valence-electron chi connectivity index (χ3n) is 4.70. The molecule has 2 aliphatic rings. The van der Waals surface area contributed by atoms with Gasteiger partial charge in [-0.3, -0.25) is 4.79 Å². The van der Waals surface area contributed by atoms with Crippen LogP contribution in [0.5, 0.6) is 0 Å². The Bertz CT molecular complexity index is 361. The Morgan fingerprint density at radius 3 is 2.94 bits per heavy atom. The Labute approximate surface area is 110 Å². The van der Waals surface area contributed by atoms with Gasteiger partial charge in [0.25, 0.3) is 0 Å². The summed E-state index contributed by atoms with van der Waals surface area (Å²) in [7, 11) is 0. The zero-order valence-corrected chi connectivity index (χ0v) is 11.9. The molecule has 0 N–H and O–H groups in total. The minimum Gasteiger partial charge on any atom is -0.465 e. The van der Waals surface area contributed by atoms with Crippen LogP contribution in [-0.4, -0.2) is 25.3 Å². The van der Waals surface area contributed by atoms with E-state index in [1.165, 1.54) is 5.57 Å². The average molecular weight is 252 g/mol. The van der Waals surface area contributed by atoms with Gasteiger partial charge in [-0.05, 0) is 26.2 Å². The minimum absolute atomic E-state index is 0.0124. The molecule has 3 heteroatoms. The van der Waals surface area contributed by atoms with Gasteiger partial charge >= 0.3 is 5.97 Å². The lowest BCUT2D eigenvalue weighted by molar-refractivity contribution is -0.161. The molecule has 1 aliphatic heterocycles. The number of rotatable bonds is 3. The van der Waals surface area contributed by atoms with E-state index in [1.807, 2.05) is 6.92 Å². The Balaban J connectivity index is 2.14. The summed E-state index contributed by atoms with van der Waals surface area (Å²) >= 11 is 0. The van der Waals surface area contributed by atoms with E-state index in [4.69, 9.17) is 9.47 Å². The maximum Gasteiger partial charge on any atom is 0.305 e. The van der Waals surface area contributed by atoms with Gasteiger partial charge in [-0.2, -0.15) is 0 Å². The third kappa shape index (κ3) is 2.33. The van der Waals surface area contributed by atoms with Crippen LogP contribution in [0.3, 0.4) is 0 Å². The van der Waals surface area contributed by atoms with Crippen molar-refractivity contribution in [1.29, 1.82) is 0 Å². The fourth-order valence-electron chi connectivity index (χ4n) is 3.18. The largest absolute Gasteiger partial charge is 0.465 e. The van der Waals surface area contributed by atoms with Crippen molar-refractivity contribution in [3.8, 4) is 0 Å². The molecule has 2 rings (SSSR count). The molecule has 102 valence electrons. The standard InChI is InChI=1S/C15H24O3/c1-5-14(16)18-9-15-7-13(12(4)17-8-15)10(2)6-11(15)3/h6,11-13H,5,7-9H2,1-4H3. The quantitative estimate of drug-likeness (QED) is 0.572. The molecule has 1 saturated heterocycles. The first kappa shape index (κ1) is 13.6. The number of ether oxygens (including phenoxy) is 2. The molecule has 0 spiro atoms. The molecule has 1 fully saturated rings. The van der Waals surface area contributed by atoms with Crippen LogP contribution in [0.4, 0.5) is 0 Å². The summed E-state index contributed by atoms with van der Waals surface area (Å²) in [6, 6.07) is 0. The Hall–Kier alpha value is -0.830. The lowest BCUT2D eigenvalue weighted by Crippen LogP contribution is -2.50. The van der Waals surface area contributed by atoms with Gasteiger partial charge in [0.15, 0.2) is 0 Å². The second kappa shape index (κ2) is 5.04. The highest BCUT2D eigenvalue weighted by Crippen LogP contribution is 2.48. The van der Waals surface area contributed by atoms with E-state index in [9.17, 15) is 4.79 Å². The van der Waals surface area contributed by atoms with Crippen LogP contribution in [0.15, 0.2) is 11.6 Å². The van der Waals surface area contributed by atoms with Crippen LogP contribution in [0.25, 0.3) is 0 Å². The van der Waals surface area contributed by atoms with Crippen molar-refractivity contribution in [2.24, 2.45) is 17.3 Å². The molecule has 1 heterocycles. The number of hydrogen-bond donors (Lipinski definition) is 0. The highest BCUT2D eigenvalue weighted by atomic mass is 16.5. The molecule has 0 radical (unpaired) electrons.